The van der Waals surface area contributed by atoms with E-state index in [1.54, 1.807) is 12.1 Å². The Morgan fingerprint density at radius 1 is 1.09 bits per heavy atom. The van der Waals surface area contributed by atoms with Crippen molar-refractivity contribution in [2.45, 2.75) is 20.3 Å². The average Bonchev–Trinajstić information content (AvgIpc) is 2.44. The highest BCUT2D eigenvalue weighted by atomic mass is 35.5. The number of rotatable bonds is 5. The highest BCUT2D eigenvalue weighted by Gasteiger charge is 2.08. The van der Waals surface area contributed by atoms with Crippen molar-refractivity contribution in [3.8, 4) is 0 Å². The van der Waals surface area contributed by atoms with E-state index in [-0.39, 0.29) is 5.91 Å². The molecule has 116 valence electrons. The molecule has 0 aliphatic rings. The van der Waals surface area contributed by atoms with E-state index >= 15 is 0 Å². The molecule has 3 nitrogen and oxygen atoms in total. The van der Waals surface area contributed by atoms with Crippen molar-refractivity contribution in [3.05, 3.63) is 57.6 Å². The fraction of sp³-hybridized carbons (Fsp3) is 0.235. The van der Waals surface area contributed by atoms with Gasteiger partial charge in [-0.05, 0) is 43.2 Å². The lowest BCUT2D eigenvalue weighted by atomic mass is 10.1. The number of hydrogen-bond donors (Lipinski definition) is 2. The molecule has 0 saturated heterocycles. The van der Waals surface area contributed by atoms with Gasteiger partial charge in [-0.2, -0.15) is 0 Å². The number of hydrogen-bond acceptors (Lipinski definition) is 2. The number of para-hydroxylation sites is 1. The quantitative estimate of drug-likeness (QED) is 0.801. The van der Waals surface area contributed by atoms with Gasteiger partial charge in [0.1, 0.15) is 0 Å². The lowest BCUT2D eigenvalue weighted by Gasteiger charge is -2.13. The molecule has 0 aliphatic heterocycles. The second-order valence-electron chi connectivity index (χ2n) is 5.14. The van der Waals surface area contributed by atoms with Gasteiger partial charge in [-0.1, -0.05) is 41.4 Å². The van der Waals surface area contributed by atoms with Crippen LogP contribution in [0.2, 0.25) is 10.0 Å². The van der Waals surface area contributed by atoms with E-state index < -0.39 is 0 Å². The Bertz CT molecular complexity index is 663. The predicted molar refractivity (Wildman–Crippen MR) is 94.1 cm³/mol. The first-order valence-corrected chi connectivity index (χ1v) is 7.78. The molecule has 0 heterocycles. The summed E-state index contributed by atoms with van der Waals surface area (Å²) in [6, 6.07) is 11.1. The molecule has 0 spiro atoms. The lowest BCUT2D eigenvalue weighted by Crippen LogP contribution is -2.16. The molecule has 0 radical (unpaired) electrons. The Hall–Kier alpha value is -1.71. The van der Waals surface area contributed by atoms with Crippen LogP contribution in [-0.2, 0) is 4.79 Å². The van der Waals surface area contributed by atoms with Crippen molar-refractivity contribution in [2.75, 3.05) is 17.2 Å². The summed E-state index contributed by atoms with van der Waals surface area (Å²) in [6.45, 7) is 4.49. The molecule has 0 aliphatic carbocycles. The van der Waals surface area contributed by atoms with Gasteiger partial charge >= 0.3 is 0 Å². The number of halogens is 2. The second-order valence-corrected chi connectivity index (χ2v) is 5.96. The largest absolute Gasteiger partial charge is 0.383 e. The minimum atomic E-state index is -0.0958. The SMILES string of the molecule is Cc1cc(C)c(NCCC(=O)Nc2ccccc2Cl)c(Cl)c1. The van der Waals surface area contributed by atoms with E-state index in [1.165, 1.54) is 0 Å². The first-order chi connectivity index (χ1) is 10.5. The smallest absolute Gasteiger partial charge is 0.226 e. The van der Waals surface area contributed by atoms with Gasteiger partial charge in [-0.25, -0.2) is 0 Å². The molecule has 22 heavy (non-hydrogen) atoms. The molecule has 0 fully saturated rings. The predicted octanol–water partition coefficient (Wildman–Crippen LogP) is 5.05. The van der Waals surface area contributed by atoms with Gasteiger partial charge in [0.05, 0.1) is 21.4 Å². The van der Waals surface area contributed by atoms with Gasteiger partial charge in [0, 0.05) is 13.0 Å². The Kier molecular flexibility index (Phi) is 5.69. The van der Waals surface area contributed by atoms with E-state index in [4.69, 9.17) is 23.2 Å². The van der Waals surface area contributed by atoms with Gasteiger partial charge in [0.15, 0.2) is 0 Å². The molecule has 2 N–H and O–H groups in total. The summed E-state index contributed by atoms with van der Waals surface area (Å²) >= 11 is 12.2. The molecule has 5 heteroatoms. The zero-order valence-electron chi connectivity index (χ0n) is 12.5. The topological polar surface area (TPSA) is 41.1 Å². The molecule has 0 unspecified atom stereocenters. The molecule has 0 atom stereocenters. The third-order valence-electron chi connectivity index (χ3n) is 3.23. The van der Waals surface area contributed by atoms with Gasteiger partial charge < -0.3 is 10.6 Å². The van der Waals surface area contributed by atoms with Crippen molar-refractivity contribution in [1.82, 2.24) is 0 Å². The Labute approximate surface area is 140 Å². The number of amides is 1. The average molecular weight is 337 g/mol. The maximum absolute atomic E-state index is 11.9. The van der Waals surface area contributed by atoms with Crippen molar-refractivity contribution in [1.29, 1.82) is 0 Å². The zero-order chi connectivity index (χ0) is 16.1. The van der Waals surface area contributed by atoms with Crippen LogP contribution in [0.3, 0.4) is 0 Å². The third-order valence-corrected chi connectivity index (χ3v) is 3.86. The molecule has 0 bridgehead atoms. The van der Waals surface area contributed by atoms with E-state index in [0.29, 0.717) is 28.7 Å². The number of benzene rings is 2. The number of nitrogens with one attached hydrogen (secondary N) is 2. The summed E-state index contributed by atoms with van der Waals surface area (Å²) < 4.78 is 0. The molecule has 2 rings (SSSR count). The van der Waals surface area contributed by atoms with E-state index in [0.717, 1.165) is 16.8 Å². The maximum Gasteiger partial charge on any atom is 0.226 e. The summed E-state index contributed by atoms with van der Waals surface area (Å²) in [5.41, 5.74) is 3.68. The van der Waals surface area contributed by atoms with Crippen LogP contribution in [0.15, 0.2) is 36.4 Å². The second kappa shape index (κ2) is 7.52. The monoisotopic (exact) mass is 336 g/mol. The minimum Gasteiger partial charge on any atom is -0.383 e. The van der Waals surface area contributed by atoms with Crippen LogP contribution in [0.5, 0.6) is 0 Å². The number of carbonyl (C=O) groups excluding carboxylic acids is 1. The summed E-state index contributed by atoms with van der Waals surface area (Å²) in [4.78, 5) is 11.9. The zero-order valence-corrected chi connectivity index (χ0v) is 14.1. The number of aryl methyl sites for hydroxylation is 2. The molecule has 2 aromatic carbocycles. The summed E-state index contributed by atoms with van der Waals surface area (Å²) in [6.07, 6.45) is 0.328. The van der Waals surface area contributed by atoms with Crippen LogP contribution in [-0.4, -0.2) is 12.5 Å². The summed E-state index contributed by atoms with van der Waals surface area (Å²) in [7, 11) is 0. The van der Waals surface area contributed by atoms with Crippen molar-refractivity contribution in [2.24, 2.45) is 0 Å². The van der Waals surface area contributed by atoms with Crippen LogP contribution in [0, 0.1) is 13.8 Å². The van der Waals surface area contributed by atoms with E-state index in [1.807, 2.05) is 32.0 Å². The number of carbonyl (C=O) groups is 1. The third kappa shape index (κ3) is 4.39. The van der Waals surface area contributed by atoms with Crippen molar-refractivity contribution in [3.63, 3.8) is 0 Å². The Morgan fingerprint density at radius 3 is 2.50 bits per heavy atom. The number of anilines is 2. The minimum absolute atomic E-state index is 0.0958. The highest BCUT2D eigenvalue weighted by molar-refractivity contribution is 6.34. The van der Waals surface area contributed by atoms with Crippen LogP contribution in [0.4, 0.5) is 11.4 Å². The Balaban J connectivity index is 1.89. The Morgan fingerprint density at radius 2 is 1.82 bits per heavy atom. The first-order valence-electron chi connectivity index (χ1n) is 7.02. The van der Waals surface area contributed by atoms with Crippen molar-refractivity contribution < 1.29 is 4.79 Å². The van der Waals surface area contributed by atoms with Gasteiger partial charge in [0.25, 0.3) is 0 Å². The lowest BCUT2D eigenvalue weighted by molar-refractivity contribution is -0.115. The molecular formula is C17H18Cl2N2O. The standard InChI is InChI=1S/C17H18Cl2N2O/c1-11-9-12(2)17(14(19)10-11)20-8-7-16(22)21-15-6-4-3-5-13(15)18/h3-6,9-10,20H,7-8H2,1-2H3,(H,21,22). The molecule has 1 amide bonds. The van der Waals surface area contributed by atoms with Crippen molar-refractivity contribution >= 4 is 40.5 Å². The molecule has 0 saturated carbocycles. The van der Waals surface area contributed by atoms with Gasteiger partial charge in [-0.3, -0.25) is 4.79 Å². The first kappa shape index (κ1) is 16.7. The van der Waals surface area contributed by atoms with Crippen LogP contribution >= 0.6 is 23.2 Å². The fourth-order valence-corrected chi connectivity index (χ4v) is 2.79. The van der Waals surface area contributed by atoms with E-state index in [9.17, 15) is 4.79 Å². The highest BCUT2D eigenvalue weighted by Crippen LogP contribution is 2.27. The van der Waals surface area contributed by atoms with Crippen LogP contribution < -0.4 is 10.6 Å². The molecule has 0 aromatic heterocycles. The molecular weight excluding hydrogens is 319 g/mol. The van der Waals surface area contributed by atoms with Crippen LogP contribution in [0.25, 0.3) is 0 Å². The summed E-state index contributed by atoms with van der Waals surface area (Å²) in [5.74, 6) is -0.0958. The molecule has 2 aromatic rings. The van der Waals surface area contributed by atoms with Gasteiger partial charge in [-0.15, -0.1) is 0 Å². The maximum atomic E-state index is 11.9. The van der Waals surface area contributed by atoms with E-state index in [2.05, 4.69) is 16.7 Å². The fourth-order valence-electron chi connectivity index (χ4n) is 2.22. The van der Waals surface area contributed by atoms with Crippen LogP contribution in [0.1, 0.15) is 17.5 Å². The normalized spacial score (nSPS) is 10.4. The van der Waals surface area contributed by atoms with Gasteiger partial charge in [0.2, 0.25) is 5.91 Å². The summed E-state index contributed by atoms with van der Waals surface area (Å²) in [5, 5.41) is 7.20.